The number of H-pyrrole nitrogens is 1. The van der Waals surface area contributed by atoms with Gasteiger partial charge in [-0.05, 0) is 37.1 Å². The molecule has 0 radical (unpaired) electrons. The fourth-order valence-electron chi connectivity index (χ4n) is 3.07. The number of hydrogen-bond donors (Lipinski definition) is 1. The van der Waals surface area contributed by atoms with Crippen molar-refractivity contribution in [3.63, 3.8) is 0 Å². The van der Waals surface area contributed by atoms with Crippen molar-refractivity contribution in [3.05, 3.63) is 29.5 Å². The first-order valence-electron chi connectivity index (χ1n) is 7.46. The molecule has 1 atom stereocenters. The molecule has 6 nitrogen and oxygen atoms in total. The zero-order valence-corrected chi connectivity index (χ0v) is 14.2. The van der Waals surface area contributed by atoms with E-state index in [2.05, 4.69) is 4.98 Å². The lowest BCUT2D eigenvalue weighted by Crippen LogP contribution is -2.38. The average molecular weight is 336 g/mol. The Hall–Kier alpha value is -2.02. The number of hydrogen-bond acceptors (Lipinski definition) is 4. The Morgan fingerprint density at radius 2 is 2.13 bits per heavy atom. The monoisotopic (exact) mass is 336 g/mol. The summed E-state index contributed by atoms with van der Waals surface area (Å²) in [4.78, 5) is 17.4. The van der Waals surface area contributed by atoms with Crippen LogP contribution in [-0.2, 0) is 9.84 Å². The lowest BCUT2D eigenvalue weighted by Gasteiger charge is -2.23. The molecule has 1 aromatic heterocycles. The van der Waals surface area contributed by atoms with Gasteiger partial charge in [0.25, 0.3) is 5.91 Å². The second-order valence-corrected chi connectivity index (χ2v) is 8.24. The molecule has 1 amide bonds. The van der Waals surface area contributed by atoms with E-state index in [9.17, 15) is 13.2 Å². The van der Waals surface area contributed by atoms with Crippen LogP contribution in [-0.4, -0.2) is 55.9 Å². The van der Waals surface area contributed by atoms with E-state index < -0.39 is 9.84 Å². The molecule has 1 N–H and O–H groups in total. The molecule has 7 heteroatoms. The van der Waals surface area contributed by atoms with Crippen LogP contribution < -0.4 is 4.74 Å². The van der Waals surface area contributed by atoms with Crippen molar-refractivity contribution in [1.29, 1.82) is 0 Å². The Labute approximate surface area is 135 Å². The third-order valence-corrected chi connectivity index (χ3v) is 6.31. The molecule has 0 saturated carbocycles. The molecular formula is C16H20N2O4S. The van der Waals surface area contributed by atoms with Gasteiger partial charge >= 0.3 is 0 Å². The molecule has 124 valence electrons. The molecule has 1 saturated heterocycles. The molecule has 0 spiro atoms. The fourth-order valence-corrected chi connectivity index (χ4v) is 4.84. The SMILES string of the molecule is COc1ccc2[nH]c(C(=O)N(C)[C@@H]3CCS(=O)(=O)C3)c(C)c2c1. The summed E-state index contributed by atoms with van der Waals surface area (Å²) in [6.07, 6.45) is 0.498. The number of aryl methyl sites for hydroxylation is 1. The molecule has 0 unspecified atom stereocenters. The minimum Gasteiger partial charge on any atom is -0.497 e. The molecular weight excluding hydrogens is 316 g/mol. The number of sulfone groups is 1. The van der Waals surface area contributed by atoms with Gasteiger partial charge in [-0.3, -0.25) is 4.79 Å². The van der Waals surface area contributed by atoms with Crippen LogP contribution in [0.2, 0.25) is 0 Å². The fraction of sp³-hybridized carbons (Fsp3) is 0.438. The predicted octanol–water partition coefficient (Wildman–Crippen LogP) is 1.74. The van der Waals surface area contributed by atoms with Crippen LogP contribution in [0.15, 0.2) is 18.2 Å². The first-order valence-corrected chi connectivity index (χ1v) is 9.28. The maximum Gasteiger partial charge on any atom is 0.270 e. The molecule has 1 fully saturated rings. The smallest absolute Gasteiger partial charge is 0.270 e. The highest BCUT2D eigenvalue weighted by molar-refractivity contribution is 7.91. The normalized spacial score (nSPS) is 19.9. The number of ether oxygens (including phenoxy) is 1. The molecule has 23 heavy (non-hydrogen) atoms. The van der Waals surface area contributed by atoms with Gasteiger partial charge in [-0.1, -0.05) is 0 Å². The van der Waals surface area contributed by atoms with Crippen molar-refractivity contribution >= 4 is 26.6 Å². The summed E-state index contributed by atoms with van der Waals surface area (Å²) < 4.78 is 28.5. The highest BCUT2D eigenvalue weighted by Crippen LogP contribution is 2.27. The minimum atomic E-state index is -3.02. The summed E-state index contributed by atoms with van der Waals surface area (Å²) in [7, 11) is 0.246. The van der Waals surface area contributed by atoms with Crippen molar-refractivity contribution in [2.24, 2.45) is 0 Å². The molecule has 1 aromatic carbocycles. The van der Waals surface area contributed by atoms with Gasteiger partial charge in [-0.15, -0.1) is 0 Å². The van der Waals surface area contributed by atoms with Crippen molar-refractivity contribution in [3.8, 4) is 5.75 Å². The van der Waals surface area contributed by atoms with E-state index in [1.807, 2.05) is 25.1 Å². The number of carbonyl (C=O) groups excluding carboxylic acids is 1. The second kappa shape index (κ2) is 5.56. The van der Waals surface area contributed by atoms with Crippen LogP contribution in [0.1, 0.15) is 22.5 Å². The van der Waals surface area contributed by atoms with Gasteiger partial charge in [0.1, 0.15) is 11.4 Å². The summed E-state index contributed by atoms with van der Waals surface area (Å²) >= 11 is 0. The van der Waals surface area contributed by atoms with Gasteiger partial charge in [-0.2, -0.15) is 0 Å². The van der Waals surface area contributed by atoms with Crippen LogP contribution in [0.25, 0.3) is 10.9 Å². The number of rotatable bonds is 3. The van der Waals surface area contributed by atoms with Gasteiger partial charge in [0.2, 0.25) is 0 Å². The van der Waals surface area contributed by atoms with E-state index in [1.165, 1.54) is 0 Å². The van der Waals surface area contributed by atoms with Crippen LogP contribution in [0.5, 0.6) is 5.75 Å². The zero-order chi connectivity index (χ0) is 16.8. The Balaban J connectivity index is 1.93. The zero-order valence-electron chi connectivity index (χ0n) is 13.4. The quantitative estimate of drug-likeness (QED) is 0.926. The molecule has 2 aromatic rings. The summed E-state index contributed by atoms with van der Waals surface area (Å²) in [5.41, 5.74) is 2.20. The lowest BCUT2D eigenvalue weighted by molar-refractivity contribution is 0.0742. The van der Waals surface area contributed by atoms with E-state index in [4.69, 9.17) is 4.74 Å². The van der Waals surface area contributed by atoms with E-state index in [0.29, 0.717) is 12.1 Å². The first-order chi connectivity index (χ1) is 10.8. The highest BCUT2D eigenvalue weighted by atomic mass is 32.2. The number of carbonyl (C=O) groups is 1. The van der Waals surface area contributed by atoms with E-state index >= 15 is 0 Å². The largest absolute Gasteiger partial charge is 0.497 e. The van der Waals surface area contributed by atoms with E-state index in [0.717, 1.165) is 22.2 Å². The summed E-state index contributed by atoms with van der Waals surface area (Å²) in [5.74, 6) is 0.745. The Bertz CT molecular complexity index is 870. The van der Waals surface area contributed by atoms with Crippen LogP contribution in [0.4, 0.5) is 0 Å². The summed E-state index contributed by atoms with van der Waals surface area (Å²) in [5, 5.41) is 0.931. The number of aromatic amines is 1. The number of aromatic nitrogens is 1. The topological polar surface area (TPSA) is 79.5 Å². The number of fused-ring (bicyclic) bond motifs is 1. The van der Waals surface area contributed by atoms with Gasteiger partial charge in [-0.25, -0.2) is 8.42 Å². The second-order valence-electron chi connectivity index (χ2n) is 6.01. The first kappa shape index (κ1) is 15.9. The lowest BCUT2D eigenvalue weighted by atomic mass is 10.1. The van der Waals surface area contributed by atoms with E-state index in [-0.39, 0.29) is 23.5 Å². The summed E-state index contributed by atoms with van der Waals surface area (Å²) in [6, 6.07) is 5.34. The number of amides is 1. The van der Waals surface area contributed by atoms with Crippen LogP contribution in [0, 0.1) is 6.92 Å². The van der Waals surface area contributed by atoms with Crippen molar-refractivity contribution < 1.29 is 17.9 Å². The Morgan fingerprint density at radius 1 is 1.39 bits per heavy atom. The summed E-state index contributed by atoms with van der Waals surface area (Å²) in [6.45, 7) is 1.88. The maximum absolute atomic E-state index is 12.8. The van der Waals surface area contributed by atoms with Gasteiger partial charge in [0, 0.05) is 24.0 Å². The average Bonchev–Trinajstić information content (AvgIpc) is 3.05. The van der Waals surface area contributed by atoms with Gasteiger partial charge < -0.3 is 14.6 Å². The molecule has 3 rings (SSSR count). The minimum absolute atomic E-state index is 0.0440. The maximum atomic E-state index is 12.8. The standard InChI is InChI=1S/C16H20N2O4S/c1-10-13-8-12(22-3)4-5-14(13)17-15(10)16(19)18(2)11-6-7-23(20,21)9-11/h4-5,8,11,17H,6-7,9H2,1-3H3/t11-/m1/s1. The third-order valence-electron chi connectivity index (χ3n) is 4.56. The van der Waals surface area contributed by atoms with Gasteiger partial charge in [0.15, 0.2) is 9.84 Å². The molecule has 1 aliphatic rings. The number of nitrogens with one attached hydrogen (secondary N) is 1. The van der Waals surface area contributed by atoms with Crippen molar-refractivity contribution in [2.45, 2.75) is 19.4 Å². The molecule has 0 aliphatic carbocycles. The van der Waals surface area contributed by atoms with Gasteiger partial charge in [0.05, 0.1) is 18.6 Å². The molecule has 2 heterocycles. The molecule has 0 bridgehead atoms. The molecule has 1 aliphatic heterocycles. The predicted molar refractivity (Wildman–Crippen MR) is 88.7 cm³/mol. The van der Waals surface area contributed by atoms with Crippen molar-refractivity contribution in [2.75, 3.05) is 25.7 Å². The van der Waals surface area contributed by atoms with Crippen LogP contribution in [0.3, 0.4) is 0 Å². The Morgan fingerprint density at radius 3 is 2.74 bits per heavy atom. The Kier molecular flexibility index (Phi) is 3.83. The number of benzene rings is 1. The van der Waals surface area contributed by atoms with Crippen LogP contribution >= 0.6 is 0 Å². The number of nitrogens with zero attached hydrogens (tertiary/aromatic N) is 1. The third kappa shape index (κ3) is 2.81. The number of methoxy groups -OCH3 is 1. The highest BCUT2D eigenvalue weighted by Gasteiger charge is 2.34. The van der Waals surface area contributed by atoms with Crippen molar-refractivity contribution in [1.82, 2.24) is 9.88 Å². The van der Waals surface area contributed by atoms with E-state index in [1.54, 1.807) is 19.1 Å².